The Balaban J connectivity index is -0.000000188. The maximum absolute atomic E-state index is 8.24. The van der Waals surface area contributed by atoms with E-state index in [1.54, 1.807) is 25.0 Å². The summed E-state index contributed by atoms with van der Waals surface area (Å²) in [5, 5.41) is 13.5. The molecule has 19 heavy (non-hydrogen) atoms. The summed E-state index contributed by atoms with van der Waals surface area (Å²) in [7, 11) is 3.88. The molecule has 0 saturated carbocycles. The van der Waals surface area contributed by atoms with E-state index in [1.165, 1.54) is 0 Å². The second kappa shape index (κ2) is 18.1. The van der Waals surface area contributed by atoms with E-state index >= 15 is 0 Å². The number of aryl methyl sites for hydroxylation is 2. The second-order valence-electron chi connectivity index (χ2n) is 2.64. The second-order valence-corrected chi connectivity index (χ2v) is 2.64. The fourth-order valence-electron chi connectivity index (χ4n) is 0.652. The maximum Gasteiger partial charge on any atom is 2.00 e. The van der Waals surface area contributed by atoms with Gasteiger partial charge in [0, 0.05) is 38.9 Å². The molecule has 1 radical (unpaired) electrons. The zero-order valence-electron chi connectivity index (χ0n) is 10.3. The molecule has 2 aromatic rings. The minimum atomic E-state index is 0. The molecule has 0 aliphatic rings. The molecule has 2 heterocycles. The Hall–Kier alpha value is -2.31. The topological polar surface area (TPSA) is 114 Å². The molecule has 0 aromatic carbocycles. The largest absolute Gasteiger partial charge is 2.00 e. The van der Waals surface area contributed by atoms with Crippen LogP contribution in [0.3, 0.4) is 0 Å². The van der Waals surface area contributed by atoms with E-state index < -0.39 is 0 Å². The first-order valence-electron chi connectivity index (χ1n) is 4.48. The number of nitrogens with zero attached hydrogens (tertiary/aromatic N) is 6. The van der Waals surface area contributed by atoms with Crippen molar-refractivity contribution in [2.75, 3.05) is 0 Å². The Morgan fingerprint density at radius 1 is 0.895 bits per heavy atom. The number of imidazole rings is 2. The van der Waals surface area contributed by atoms with Crippen LogP contribution in [0.1, 0.15) is 0 Å². The van der Waals surface area contributed by atoms with Gasteiger partial charge in [-0.05, 0) is 12.2 Å². The van der Waals surface area contributed by atoms with Gasteiger partial charge < -0.3 is 20.0 Å². The first-order valence-corrected chi connectivity index (χ1v) is 4.48. The average Bonchev–Trinajstić information content (AvgIpc) is 2.95. The third-order valence-corrected chi connectivity index (χ3v) is 1.27. The summed E-state index contributed by atoms with van der Waals surface area (Å²) in [5.41, 5.74) is 0. The molecule has 2 rings (SSSR count). The molecule has 0 aliphatic carbocycles. The molecule has 2 aromatic heterocycles. The Morgan fingerprint density at radius 2 is 1.16 bits per heavy atom. The van der Waals surface area contributed by atoms with Gasteiger partial charge in [-0.3, -0.25) is 9.59 Å². The minimum Gasteiger partial charge on any atom is -0.724 e. The van der Waals surface area contributed by atoms with Crippen LogP contribution in [-0.2, 0) is 40.5 Å². The SMILES string of the molecule is Cn1ccnc1.Cn1ccnc1.[Co+2].[N-]=C=O.[N-]=C=O. The molecular formula is C10H12CoN6O2. The van der Waals surface area contributed by atoms with E-state index in [0.717, 1.165) is 0 Å². The van der Waals surface area contributed by atoms with Gasteiger partial charge in [0.15, 0.2) is 0 Å². The quantitative estimate of drug-likeness (QED) is 0.524. The smallest absolute Gasteiger partial charge is 0.724 e. The van der Waals surface area contributed by atoms with Crippen molar-refractivity contribution in [3.05, 3.63) is 48.3 Å². The van der Waals surface area contributed by atoms with Gasteiger partial charge in [-0.15, -0.1) is 0 Å². The van der Waals surface area contributed by atoms with Crippen LogP contribution in [0.25, 0.3) is 10.8 Å². The van der Waals surface area contributed by atoms with Crippen LogP contribution < -0.4 is 0 Å². The van der Waals surface area contributed by atoms with Crippen LogP contribution in [0.4, 0.5) is 0 Å². The minimum absolute atomic E-state index is 0. The zero-order valence-corrected chi connectivity index (χ0v) is 11.3. The van der Waals surface area contributed by atoms with E-state index in [9.17, 15) is 0 Å². The van der Waals surface area contributed by atoms with Crippen LogP contribution in [0, 0.1) is 0 Å². The number of isocyanates is 2. The summed E-state index contributed by atoms with van der Waals surface area (Å²) in [6, 6.07) is 0. The van der Waals surface area contributed by atoms with E-state index in [1.807, 2.05) is 35.6 Å². The summed E-state index contributed by atoms with van der Waals surface area (Å²) >= 11 is 0. The summed E-state index contributed by atoms with van der Waals surface area (Å²) in [4.78, 5) is 24.0. The Morgan fingerprint density at radius 3 is 1.21 bits per heavy atom. The molecule has 0 fully saturated rings. The van der Waals surface area contributed by atoms with Crippen LogP contribution in [-0.4, -0.2) is 31.3 Å². The van der Waals surface area contributed by atoms with E-state index in [0.29, 0.717) is 12.2 Å². The first kappa shape index (κ1) is 21.9. The van der Waals surface area contributed by atoms with Gasteiger partial charge in [-0.1, -0.05) is 0 Å². The van der Waals surface area contributed by atoms with Crippen molar-refractivity contribution in [3.8, 4) is 0 Å². The van der Waals surface area contributed by atoms with Crippen LogP contribution in [0.15, 0.2) is 37.4 Å². The van der Waals surface area contributed by atoms with Gasteiger partial charge in [0.25, 0.3) is 0 Å². The summed E-state index contributed by atoms with van der Waals surface area (Å²) in [5.74, 6) is 0. The third-order valence-electron chi connectivity index (χ3n) is 1.27. The predicted molar refractivity (Wildman–Crippen MR) is 64.5 cm³/mol. The Kier molecular flexibility index (Phi) is 20.8. The molecule has 0 N–H and O–H groups in total. The van der Waals surface area contributed by atoms with Crippen molar-refractivity contribution < 1.29 is 26.4 Å². The van der Waals surface area contributed by atoms with Crippen molar-refractivity contribution in [3.63, 3.8) is 0 Å². The summed E-state index contributed by atoms with van der Waals surface area (Å²) < 4.78 is 3.78. The molecule has 0 aliphatic heterocycles. The molecule has 9 heteroatoms. The van der Waals surface area contributed by atoms with Crippen molar-refractivity contribution in [2.24, 2.45) is 14.1 Å². The van der Waals surface area contributed by atoms with Crippen LogP contribution in [0.2, 0.25) is 0 Å². The molecule has 0 atom stereocenters. The Labute approximate surface area is 120 Å². The number of hydrogen-bond donors (Lipinski definition) is 0. The summed E-state index contributed by atoms with van der Waals surface area (Å²) in [6.07, 6.45) is 11.8. The van der Waals surface area contributed by atoms with Gasteiger partial charge in [-0.2, -0.15) is 0 Å². The van der Waals surface area contributed by atoms with E-state index in [-0.39, 0.29) is 16.8 Å². The number of carbonyl (C=O) groups excluding carboxylic acids is 2. The molecule has 0 saturated heterocycles. The van der Waals surface area contributed by atoms with Gasteiger partial charge in [0.2, 0.25) is 0 Å². The van der Waals surface area contributed by atoms with Gasteiger partial charge in [0.1, 0.15) is 0 Å². The fraction of sp³-hybridized carbons (Fsp3) is 0.200. The fourth-order valence-corrected chi connectivity index (χ4v) is 0.652. The predicted octanol–water partition coefficient (Wildman–Crippen LogP) is 0.621. The summed E-state index contributed by atoms with van der Waals surface area (Å²) in [6.45, 7) is 0. The van der Waals surface area contributed by atoms with Crippen molar-refractivity contribution >= 4 is 12.2 Å². The Bertz CT molecular complexity index is 398. The van der Waals surface area contributed by atoms with Crippen LogP contribution >= 0.6 is 0 Å². The molecule has 8 nitrogen and oxygen atoms in total. The molecule has 0 amide bonds. The average molecular weight is 307 g/mol. The van der Waals surface area contributed by atoms with Gasteiger partial charge >= 0.3 is 16.8 Å². The zero-order chi connectivity index (χ0) is 14.2. The van der Waals surface area contributed by atoms with Crippen molar-refractivity contribution in [1.82, 2.24) is 19.1 Å². The van der Waals surface area contributed by atoms with E-state index in [2.05, 4.69) is 9.97 Å². The number of aromatic nitrogens is 4. The number of rotatable bonds is 0. The monoisotopic (exact) mass is 307 g/mol. The van der Waals surface area contributed by atoms with Gasteiger partial charge in [-0.25, -0.2) is 9.97 Å². The van der Waals surface area contributed by atoms with Gasteiger partial charge in [0.05, 0.1) is 12.7 Å². The van der Waals surface area contributed by atoms with Crippen molar-refractivity contribution in [1.29, 1.82) is 0 Å². The maximum atomic E-state index is 8.24. The normalized spacial score (nSPS) is 6.42. The standard InChI is InChI=1S/2C4H6N2.2CNO.Co/c2*1-6-3-2-5-4-6;2*2-1-3;/h2*2-4H,1H3;;;/q;;2*-1;+2. The molecule has 0 bridgehead atoms. The van der Waals surface area contributed by atoms with Crippen molar-refractivity contribution in [2.45, 2.75) is 0 Å². The number of hydrogen-bond acceptors (Lipinski definition) is 4. The molecule has 103 valence electrons. The molecule has 0 spiro atoms. The first-order chi connectivity index (χ1) is 8.62. The molecular weight excluding hydrogens is 295 g/mol. The van der Waals surface area contributed by atoms with E-state index in [4.69, 9.17) is 20.4 Å². The van der Waals surface area contributed by atoms with Crippen LogP contribution in [0.5, 0.6) is 0 Å². The molecule has 0 unspecified atom stereocenters. The third kappa shape index (κ3) is 21.5.